The smallest absolute Gasteiger partial charge is 0.412 e. The minimum atomic E-state index is -0.650. The molecular formula is C16H24N2O5. The van der Waals surface area contributed by atoms with Crippen molar-refractivity contribution in [3.8, 4) is 0 Å². The lowest BCUT2D eigenvalue weighted by Crippen LogP contribution is -2.40. The quantitative estimate of drug-likeness (QED) is 0.922. The van der Waals surface area contributed by atoms with Gasteiger partial charge in [-0.1, -0.05) is 0 Å². The van der Waals surface area contributed by atoms with Crippen LogP contribution in [0.3, 0.4) is 0 Å². The fraction of sp³-hybridized carbons (Fsp3) is 0.625. The molecule has 0 aliphatic carbocycles. The molecule has 1 saturated heterocycles. The number of aromatic nitrogens is 1. The average Bonchev–Trinajstić information content (AvgIpc) is 2.47. The zero-order chi connectivity index (χ0) is 17.0. The van der Waals surface area contributed by atoms with Gasteiger partial charge in [0.05, 0.1) is 12.6 Å². The van der Waals surface area contributed by atoms with E-state index in [4.69, 9.17) is 14.2 Å². The van der Waals surface area contributed by atoms with E-state index in [2.05, 4.69) is 5.32 Å². The van der Waals surface area contributed by atoms with Crippen LogP contribution in [0.15, 0.2) is 23.1 Å². The predicted molar refractivity (Wildman–Crippen MR) is 85.8 cm³/mol. The topological polar surface area (TPSA) is 78.8 Å². The summed E-state index contributed by atoms with van der Waals surface area (Å²) < 4.78 is 17.6. The van der Waals surface area contributed by atoms with Crippen molar-refractivity contribution in [2.24, 2.45) is 0 Å². The number of carbonyl (C=O) groups is 1. The Hall–Kier alpha value is -1.86. The van der Waals surface area contributed by atoms with Crippen LogP contribution < -0.4 is 10.9 Å². The van der Waals surface area contributed by atoms with Crippen molar-refractivity contribution in [2.45, 2.75) is 44.9 Å². The number of hydrogen-bond donors (Lipinski definition) is 1. The minimum Gasteiger partial charge on any atom is -0.444 e. The van der Waals surface area contributed by atoms with Gasteiger partial charge in [-0.3, -0.25) is 10.1 Å². The third kappa shape index (κ3) is 4.56. The van der Waals surface area contributed by atoms with Gasteiger partial charge in [-0.05, 0) is 39.3 Å². The van der Waals surface area contributed by atoms with E-state index in [1.54, 1.807) is 50.8 Å². The zero-order valence-electron chi connectivity index (χ0n) is 14.0. The van der Waals surface area contributed by atoms with Gasteiger partial charge in [0.2, 0.25) is 0 Å². The fourth-order valence-corrected chi connectivity index (χ4v) is 2.52. The summed E-state index contributed by atoms with van der Waals surface area (Å²) in [7, 11) is 1.60. The Bertz CT molecular complexity index is 605. The molecule has 0 saturated carbocycles. The molecule has 1 aromatic heterocycles. The molecule has 1 N–H and O–H groups in total. The Morgan fingerprint density at radius 1 is 1.43 bits per heavy atom. The second-order valence-electron chi connectivity index (χ2n) is 6.47. The van der Waals surface area contributed by atoms with Gasteiger partial charge in [-0.2, -0.15) is 0 Å². The first-order valence-corrected chi connectivity index (χ1v) is 7.63. The number of ether oxygens (including phenoxy) is 3. The summed E-state index contributed by atoms with van der Waals surface area (Å²) in [5.41, 5.74) is -0.727. The number of pyridine rings is 1. The second-order valence-corrected chi connectivity index (χ2v) is 6.47. The molecule has 1 aromatic rings. The summed E-state index contributed by atoms with van der Waals surface area (Å²) in [6.07, 6.45) is 1.53. The monoisotopic (exact) mass is 324 g/mol. The van der Waals surface area contributed by atoms with Crippen molar-refractivity contribution in [1.29, 1.82) is 0 Å². The fourth-order valence-electron chi connectivity index (χ4n) is 2.52. The number of carbonyl (C=O) groups excluding carboxylic acids is 1. The van der Waals surface area contributed by atoms with Crippen molar-refractivity contribution in [3.63, 3.8) is 0 Å². The molecule has 0 radical (unpaired) electrons. The number of amides is 1. The second kappa shape index (κ2) is 7.14. The van der Waals surface area contributed by atoms with Crippen LogP contribution in [-0.2, 0) is 14.2 Å². The maximum absolute atomic E-state index is 12.6. The van der Waals surface area contributed by atoms with Gasteiger partial charge in [-0.15, -0.1) is 0 Å². The van der Waals surface area contributed by atoms with E-state index in [0.717, 1.165) is 0 Å². The Balaban J connectivity index is 2.21. The van der Waals surface area contributed by atoms with Gasteiger partial charge in [0.25, 0.3) is 5.56 Å². The molecule has 7 nitrogen and oxygen atoms in total. The first kappa shape index (κ1) is 17.5. The Kier molecular flexibility index (Phi) is 5.43. The van der Waals surface area contributed by atoms with E-state index < -0.39 is 11.7 Å². The molecular weight excluding hydrogens is 300 g/mol. The van der Waals surface area contributed by atoms with E-state index >= 15 is 0 Å². The summed E-state index contributed by atoms with van der Waals surface area (Å²) >= 11 is 0. The Morgan fingerprint density at radius 3 is 2.83 bits per heavy atom. The van der Waals surface area contributed by atoms with Crippen LogP contribution in [0, 0.1) is 0 Å². The van der Waals surface area contributed by atoms with Crippen molar-refractivity contribution in [3.05, 3.63) is 28.7 Å². The molecule has 23 heavy (non-hydrogen) atoms. The largest absolute Gasteiger partial charge is 0.444 e. The molecule has 2 heterocycles. The highest BCUT2D eigenvalue weighted by atomic mass is 16.6. The number of methoxy groups -OCH3 is 1. The molecule has 1 aliphatic rings. The molecule has 1 aliphatic heterocycles. The highest BCUT2D eigenvalue weighted by Gasteiger charge is 2.28. The first-order chi connectivity index (χ1) is 10.8. The van der Waals surface area contributed by atoms with E-state index in [-0.39, 0.29) is 23.4 Å². The van der Waals surface area contributed by atoms with Crippen LogP contribution in [0.5, 0.6) is 0 Å². The van der Waals surface area contributed by atoms with Gasteiger partial charge in [0, 0.05) is 19.9 Å². The number of anilines is 1. The maximum atomic E-state index is 12.6. The number of nitrogens with one attached hydrogen (secondary N) is 1. The molecule has 1 amide bonds. The number of rotatable bonds is 3. The SMILES string of the molecule is CO[C@@H]1COCCC1n1cccc(NC(=O)OC(C)(C)C)c1=O. The molecule has 0 bridgehead atoms. The van der Waals surface area contributed by atoms with E-state index in [9.17, 15) is 9.59 Å². The Morgan fingerprint density at radius 2 is 2.17 bits per heavy atom. The van der Waals surface area contributed by atoms with Gasteiger partial charge >= 0.3 is 6.09 Å². The molecule has 2 atom stereocenters. The van der Waals surface area contributed by atoms with Crippen LogP contribution in [0.1, 0.15) is 33.2 Å². The van der Waals surface area contributed by atoms with E-state index in [1.807, 2.05) is 0 Å². The lowest BCUT2D eigenvalue weighted by molar-refractivity contribution is -0.0609. The molecule has 128 valence electrons. The lowest BCUT2D eigenvalue weighted by atomic mass is 10.1. The third-order valence-electron chi connectivity index (χ3n) is 3.54. The summed E-state index contributed by atoms with van der Waals surface area (Å²) in [5, 5.41) is 2.51. The zero-order valence-corrected chi connectivity index (χ0v) is 14.0. The van der Waals surface area contributed by atoms with Crippen molar-refractivity contribution in [1.82, 2.24) is 4.57 Å². The third-order valence-corrected chi connectivity index (χ3v) is 3.54. The summed E-state index contributed by atoms with van der Waals surface area (Å²) in [6, 6.07) is 3.15. The van der Waals surface area contributed by atoms with E-state index in [1.165, 1.54) is 0 Å². The highest BCUT2D eigenvalue weighted by Crippen LogP contribution is 2.22. The minimum absolute atomic E-state index is 0.123. The molecule has 0 spiro atoms. The molecule has 0 aromatic carbocycles. The van der Waals surface area contributed by atoms with Crippen LogP contribution >= 0.6 is 0 Å². The van der Waals surface area contributed by atoms with Crippen LogP contribution in [-0.4, -0.2) is 42.7 Å². The van der Waals surface area contributed by atoms with Crippen molar-refractivity contribution < 1.29 is 19.0 Å². The average molecular weight is 324 g/mol. The maximum Gasteiger partial charge on any atom is 0.412 e. The standard InChI is InChI=1S/C16H24N2O5/c1-16(2,3)23-15(20)17-11-6-5-8-18(14(11)19)12-7-9-22-10-13(12)21-4/h5-6,8,12-13H,7,9-10H2,1-4H3,(H,17,20)/t12?,13-/m1/s1. The lowest BCUT2D eigenvalue weighted by Gasteiger charge is -2.32. The van der Waals surface area contributed by atoms with Gasteiger partial charge < -0.3 is 18.8 Å². The molecule has 1 unspecified atom stereocenters. The van der Waals surface area contributed by atoms with Crippen molar-refractivity contribution >= 4 is 11.8 Å². The number of nitrogens with zero attached hydrogens (tertiary/aromatic N) is 1. The van der Waals surface area contributed by atoms with Crippen LogP contribution in [0.4, 0.5) is 10.5 Å². The predicted octanol–water partition coefficient (Wildman–Crippen LogP) is 2.17. The van der Waals surface area contributed by atoms with E-state index in [0.29, 0.717) is 19.6 Å². The molecule has 2 rings (SSSR count). The van der Waals surface area contributed by atoms with Crippen molar-refractivity contribution in [2.75, 3.05) is 25.6 Å². The van der Waals surface area contributed by atoms with Crippen LogP contribution in [0.2, 0.25) is 0 Å². The first-order valence-electron chi connectivity index (χ1n) is 7.63. The highest BCUT2D eigenvalue weighted by molar-refractivity contribution is 5.84. The number of hydrogen-bond acceptors (Lipinski definition) is 5. The summed E-state index contributed by atoms with van der Waals surface area (Å²) in [6.45, 7) is 6.31. The van der Waals surface area contributed by atoms with Gasteiger partial charge in [0.15, 0.2) is 0 Å². The molecule has 1 fully saturated rings. The summed E-state index contributed by atoms with van der Waals surface area (Å²) in [4.78, 5) is 24.5. The van der Waals surface area contributed by atoms with Crippen LogP contribution in [0.25, 0.3) is 0 Å². The molecule has 7 heteroatoms. The van der Waals surface area contributed by atoms with Gasteiger partial charge in [0.1, 0.15) is 17.4 Å². The normalized spacial score (nSPS) is 21.7. The van der Waals surface area contributed by atoms with Gasteiger partial charge in [-0.25, -0.2) is 4.79 Å². The summed E-state index contributed by atoms with van der Waals surface area (Å²) in [5.74, 6) is 0. The Labute approximate surface area is 135 Å².